The monoisotopic (exact) mass is 157 g/mol. The van der Waals surface area contributed by atoms with E-state index >= 15 is 0 Å². The number of imide groups is 1. The molecule has 2 amide bonds. The molecule has 0 spiro atoms. The second kappa shape index (κ2) is 2.88. The summed E-state index contributed by atoms with van der Waals surface area (Å²) in [6.07, 6.45) is 2.19. The summed E-state index contributed by atoms with van der Waals surface area (Å²) < 4.78 is 0. The van der Waals surface area contributed by atoms with Crippen molar-refractivity contribution in [1.29, 1.82) is 0 Å². The fourth-order valence-electron chi connectivity index (χ4n) is 0.700. The van der Waals surface area contributed by atoms with Gasteiger partial charge >= 0.3 is 0 Å². The second-order valence-corrected chi connectivity index (χ2v) is 3.08. The lowest BCUT2D eigenvalue weighted by Crippen LogP contribution is -2.23. The number of allylic oxidation sites excluding steroid dienone is 1. The smallest absolute Gasteiger partial charge is 0.286 e. The highest BCUT2D eigenvalue weighted by atomic mass is 32.2. The topological polar surface area (TPSA) is 46.2 Å². The van der Waals surface area contributed by atoms with E-state index < -0.39 is 0 Å². The van der Waals surface area contributed by atoms with Gasteiger partial charge in [-0.15, -0.1) is 6.58 Å². The number of hydrogen-bond donors (Lipinski definition) is 1. The van der Waals surface area contributed by atoms with Crippen molar-refractivity contribution in [2.45, 2.75) is 11.7 Å². The van der Waals surface area contributed by atoms with Crippen molar-refractivity contribution < 1.29 is 9.59 Å². The minimum atomic E-state index is -0.253. The van der Waals surface area contributed by atoms with Gasteiger partial charge in [0, 0.05) is 0 Å². The number of rotatable bonds is 2. The molecule has 0 aliphatic carbocycles. The van der Waals surface area contributed by atoms with E-state index in [1.807, 2.05) is 0 Å². The fourth-order valence-corrected chi connectivity index (χ4v) is 1.52. The summed E-state index contributed by atoms with van der Waals surface area (Å²) in [5.74, 6) is -0.199. The molecule has 54 valence electrons. The van der Waals surface area contributed by atoms with E-state index in [9.17, 15) is 9.59 Å². The van der Waals surface area contributed by atoms with Crippen molar-refractivity contribution in [3.63, 3.8) is 0 Å². The predicted molar refractivity (Wildman–Crippen MR) is 39.7 cm³/mol. The zero-order valence-electron chi connectivity index (χ0n) is 5.29. The Hall–Kier alpha value is -0.770. The standard InChI is InChI=1S/C6H7NO2S/c1-2-3-4-5(8)7-6(9)10-4/h2,4H,1,3H2,(H,7,8,9). The molecule has 1 rings (SSSR count). The summed E-state index contributed by atoms with van der Waals surface area (Å²) in [5, 5.41) is 1.69. The number of amides is 2. The maximum absolute atomic E-state index is 10.8. The van der Waals surface area contributed by atoms with Gasteiger partial charge in [0.05, 0.1) is 5.25 Å². The number of hydrogen-bond acceptors (Lipinski definition) is 3. The minimum absolute atomic E-state index is 0.199. The fraction of sp³-hybridized carbons (Fsp3) is 0.333. The molecule has 0 aromatic heterocycles. The largest absolute Gasteiger partial charge is 0.286 e. The molecule has 1 aliphatic rings. The first-order chi connectivity index (χ1) is 4.74. The highest BCUT2D eigenvalue weighted by molar-refractivity contribution is 8.15. The lowest BCUT2D eigenvalue weighted by molar-refractivity contribution is -0.118. The van der Waals surface area contributed by atoms with Gasteiger partial charge < -0.3 is 0 Å². The zero-order valence-corrected chi connectivity index (χ0v) is 6.11. The average molecular weight is 157 g/mol. The van der Waals surface area contributed by atoms with Gasteiger partial charge in [0.1, 0.15) is 0 Å². The van der Waals surface area contributed by atoms with Gasteiger partial charge in [-0.2, -0.15) is 0 Å². The van der Waals surface area contributed by atoms with Crippen LogP contribution in [0, 0.1) is 0 Å². The van der Waals surface area contributed by atoms with Gasteiger partial charge in [-0.05, 0) is 6.42 Å². The van der Waals surface area contributed by atoms with E-state index in [2.05, 4.69) is 11.9 Å². The van der Waals surface area contributed by atoms with E-state index in [0.717, 1.165) is 11.8 Å². The van der Waals surface area contributed by atoms with E-state index in [4.69, 9.17) is 0 Å². The van der Waals surface area contributed by atoms with Crippen molar-refractivity contribution in [1.82, 2.24) is 5.32 Å². The summed E-state index contributed by atoms with van der Waals surface area (Å²) in [4.78, 5) is 21.3. The molecular weight excluding hydrogens is 150 g/mol. The summed E-state index contributed by atoms with van der Waals surface area (Å²) in [5.41, 5.74) is 0. The second-order valence-electron chi connectivity index (χ2n) is 1.91. The highest BCUT2D eigenvalue weighted by Gasteiger charge is 2.29. The van der Waals surface area contributed by atoms with Crippen LogP contribution in [-0.2, 0) is 4.79 Å². The average Bonchev–Trinajstić information content (AvgIpc) is 2.13. The molecule has 1 atom stereocenters. The Balaban J connectivity index is 2.54. The number of carbonyl (C=O) groups is 2. The highest BCUT2D eigenvalue weighted by Crippen LogP contribution is 2.21. The molecule has 3 nitrogen and oxygen atoms in total. The van der Waals surface area contributed by atoms with Gasteiger partial charge in [-0.1, -0.05) is 17.8 Å². The van der Waals surface area contributed by atoms with Crippen molar-refractivity contribution in [3.8, 4) is 0 Å². The van der Waals surface area contributed by atoms with Crippen molar-refractivity contribution in [3.05, 3.63) is 12.7 Å². The van der Waals surface area contributed by atoms with Gasteiger partial charge in [-0.25, -0.2) is 0 Å². The molecule has 10 heavy (non-hydrogen) atoms. The Kier molecular flexibility index (Phi) is 2.11. The van der Waals surface area contributed by atoms with Crippen molar-refractivity contribution in [2.75, 3.05) is 0 Å². The Morgan fingerprint density at radius 1 is 1.70 bits per heavy atom. The molecule has 1 N–H and O–H groups in total. The van der Waals surface area contributed by atoms with E-state index in [1.54, 1.807) is 6.08 Å². The van der Waals surface area contributed by atoms with Crippen LogP contribution in [0.15, 0.2) is 12.7 Å². The molecule has 0 aromatic carbocycles. The van der Waals surface area contributed by atoms with Crippen molar-refractivity contribution >= 4 is 22.9 Å². The molecule has 0 bridgehead atoms. The van der Waals surface area contributed by atoms with Gasteiger partial charge in [0.15, 0.2) is 0 Å². The normalized spacial score (nSPS) is 24.6. The first-order valence-electron chi connectivity index (χ1n) is 2.86. The van der Waals surface area contributed by atoms with Gasteiger partial charge in [-0.3, -0.25) is 14.9 Å². The Morgan fingerprint density at radius 3 is 2.80 bits per heavy atom. The van der Waals surface area contributed by atoms with Crippen molar-refractivity contribution in [2.24, 2.45) is 0 Å². The molecule has 1 heterocycles. The number of nitrogens with one attached hydrogen (secondary N) is 1. The third-order valence-corrected chi connectivity index (χ3v) is 2.15. The van der Waals surface area contributed by atoms with Crippen LogP contribution in [0.3, 0.4) is 0 Å². The quantitative estimate of drug-likeness (QED) is 0.606. The first kappa shape index (κ1) is 7.34. The molecule has 0 saturated carbocycles. The predicted octanol–water partition coefficient (Wildman–Crippen LogP) is 0.914. The molecule has 1 saturated heterocycles. The third kappa shape index (κ3) is 1.39. The van der Waals surface area contributed by atoms with Crippen LogP contribution in [0.5, 0.6) is 0 Å². The van der Waals surface area contributed by atoms with Crippen LogP contribution in [0.25, 0.3) is 0 Å². The Morgan fingerprint density at radius 2 is 2.40 bits per heavy atom. The SMILES string of the molecule is C=CCC1SC(=O)NC1=O. The summed E-state index contributed by atoms with van der Waals surface area (Å²) in [6.45, 7) is 3.48. The third-order valence-electron chi connectivity index (χ3n) is 1.15. The zero-order chi connectivity index (χ0) is 7.56. The first-order valence-corrected chi connectivity index (χ1v) is 3.74. The van der Waals surface area contributed by atoms with Crippen LogP contribution in [0.4, 0.5) is 4.79 Å². The minimum Gasteiger partial charge on any atom is -0.286 e. The van der Waals surface area contributed by atoms with E-state index in [-0.39, 0.29) is 16.4 Å². The summed E-state index contributed by atoms with van der Waals surface area (Å²) in [6, 6.07) is 0. The molecule has 0 aromatic rings. The summed E-state index contributed by atoms with van der Waals surface area (Å²) in [7, 11) is 0. The van der Waals surface area contributed by atoms with Crippen LogP contribution < -0.4 is 5.32 Å². The molecule has 4 heteroatoms. The molecule has 0 radical (unpaired) electrons. The van der Waals surface area contributed by atoms with Gasteiger partial charge in [0.25, 0.3) is 5.24 Å². The molecule has 1 unspecified atom stereocenters. The number of thioether (sulfide) groups is 1. The summed E-state index contributed by atoms with van der Waals surface area (Å²) >= 11 is 1.03. The van der Waals surface area contributed by atoms with E-state index in [0.29, 0.717) is 6.42 Å². The number of carbonyl (C=O) groups excluding carboxylic acids is 2. The molecular formula is C6H7NO2S. The lowest BCUT2D eigenvalue weighted by Gasteiger charge is -1.96. The Bertz CT molecular complexity index is 190. The maximum atomic E-state index is 10.8. The Labute approximate surface area is 62.9 Å². The van der Waals surface area contributed by atoms with Gasteiger partial charge in [0.2, 0.25) is 5.91 Å². The van der Waals surface area contributed by atoms with E-state index in [1.165, 1.54) is 0 Å². The van der Waals surface area contributed by atoms with Crippen LogP contribution in [-0.4, -0.2) is 16.4 Å². The van der Waals surface area contributed by atoms with Crippen LogP contribution >= 0.6 is 11.8 Å². The molecule has 1 fully saturated rings. The van der Waals surface area contributed by atoms with Crippen LogP contribution in [0.1, 0.15) is 6.42 Å². The molecule has 1 aliphatic heterocycles. The van der Waals surface area contributed by atoms with Crippen LogP contribution in [0.2, 0.25) is 0 Å². The lowest BCUT2D eigenvalue weighted by atomic mass is 10.3. The maximum Gasteiger partial charge on any atom is 0.286 e.